The fraction of sp³-hybridized carbons (Fsp3) is 0.500. The predicted molar refractivity (Wildman–Crippen MR) is 85.2 cm³/mol. The van der Waals surface area contributed by atoms with E-state index in [0.717, 1.165) is 43.2 Å². The minimum Gasteiger partial charge on any atom is -0.340 e. The van der Waals surface area contributed by atoms with E-state index in [-0.39, 0.29) is 0 Å². The van der Waals surface area contributed by atoms with Crippen molar-refractivity contribution in [1.29, 1.82) is 0 Å². The Balaban J connectivity index is 1.45. The van der Waals surface area contributed by atoms with E-state index >= 15 is 0 Å². The third kappa shape index (κ3) is 3.81. The summed E-state index contributed by atoms with van der Waals surface area (Å²) in [5.41, 5.74) is 0. The molecule has 0 saturated carbocycles. The summed E-state index contributed by atoms with van der Waals surface area (Å²) in [4.78, 5) is 7.62. The molecule has 1 saturated heterocycles. The van der Waals surface area contributed by atoms with Gasteiger partial charge in [-0.25, -0.2) is 0 Å². The van der Waals surface area contributed by atoms with Crippen LogP contribution >= 0.6 is 0 Å². The van der Waals surface area contributed by atoms with E-state index in [1.54, 1.807) is 0 Å². The monoisotopic (exact) mass is 319 g/mol. The van der Waals surface area contributed by atoms with Gasteiger partial charge >= 0.3 is 0 Å². The number of aromatic nitrogens is 2. The molecule has 1 aromatic carbocycles. The summed E-state index contributed by atoms with van der Waals surface area (Å²) in [5, 5.41) is 4.03. The second kappa shape index (κ2) is 7.15. The molecule has 1 aromatic heterocycles. The number of benzene rings is 1. The zero-order valence-electron chi connectivity index (χ0n) is 12.8. The third-order valence-corrected chi connectivity index (χ3v) is 5.45. The van der Waals surface area contributed by atoms with Crippen molar-refractivity contribution >= 4 is 10.8 Å². The van der Waals surface area contributed by atoms with Crippen LogP contribution in [0.25, 0.3) is 0 Å². The molecule has 1 unspecified atom stereocenters. The first-order valence-corrected chi connectivity index (χ1v) is 9.00. The Hall–Kier alpha value is -1.53. The van der Waals surface area contributed by atoms with Gasteiger partial charge < -0.3 is 9.42 Å². The van der Waals surface area contributed by atoms with Crippen LogP contribution in [-0.2, 0) is 10.8 Å². The molecule has 0 aliphatic carbocycles. The maximum atomic E-state index is 12.2. The highest BCUT2D eigenvalue weighted by Crippen LogP contribution is 2.25. The Bertz CT molecular complexity index is 621. The zero-order valence-corrected chi connectivity index (χ0v) is 13.6. The van der Waals surface area contributed by atoms with Crippen LogP contribution in [0.3, 0.4) is 0 Å². The van der Waals surface area contributed by atoms with Crippen molar-refractivity contribution in [2.75, 3.05) is 25.4 Å². The van der Waals surface area contributed by atoms with Gasteiger partial charge in [0, 0.05) is 30.0 Å². The summed E-state index contributed by atoms with van der Waals surface area (Å²) in [6.07, 6.45) is 2.08. The van der Waals surface area contributed by atoms with Gasteiger partial charge in [0.15, 0.2) is 5.82 Å². The Labute approximate surface area is 133 Å². The lowest BCUT2D eigenvalue weighted by molar-refractivity contribution is 0.218. The van der Waals surface area contributed by atoms with Crippen LogP contribution in [-0.4, -0.2) is 44.6 Å². The van der Waals surface area contributed by atoms with E-state index in [4.69, 9.17) is 4.52 Å². The van der Waals surface area contributed by atoms with Gasteiger partial charge in [0.25, 0.3) is 0 Å². The molecule has 2 heterocycles. The van der Waals surface area contributed by atoms with Gasteiger partial charge in [0.1, 0.15) is 0 Å². The summed E-state index contributed by atoms with van der Waals surface area (Å²) in [7, 11) is -0.908. The van der Waals surface area contributed by atoms with Gasteiger partial charge in [-0.1, -0.05) is 23.4 Å². The van der Waals surface area contributed by atoms with E-state index < -0.39 is 10.8 Å². The molecule has 0 bridgehead atoms. The Morgan fingerprint density at radius 2 is 2.00 bits per heavy atom. The molecular formula is C16H21N3O2S. The lowest BCUT2D eigenvalue weighted by atomic mass is 9.96. The summed E-state index contributed by atoms with van der Waals surface area (Å²) >= 11 is 0. The van der Waals surface area contributed by atoms with Crippen LogP contribution in [0.2, 0.25) is 0 Å². The average Bonchev–Trinajstić information content (AvgIpc) is 3.00. The second-order valence-corrected chi connectivity index (χ2v) is 7.22. The second-order valence-electron chi connectivity index (χ2n) is 5.65. The van der Waals surface area contributed by atoms with Gasteiger partial charge in [0.05, 0.1) is 10.8 Å². The zero-order chi connectivity index (χ0) is 15.4. The number of rotatable bonds is 5. The van der Waals surface area contributed by atoms with Gasteiger partial charge in [-0.05, 0) is 38.1 Å². The van der Waals surface area contributed by atoms with Crippen molar-refractivity contribution in [2.24, 2.45) is 0 Å². The normalized spacial score (nSPS) is 18.4. The average molecular weight is 319 g/mol. The maximum Gasteiger partial charge on any atom is 0.223 e. The molecule has 1 fully saturated rings. The molecule has 118 valence electrons. The highest BCUT2D eigenvalue weighted by atomic mass is 32.2. The van der Waals surface area contributed by atoms with Crippen molar-refractivity contribution in [3.63, 3.8) is 0 Å². The van der Waals surface area contributed by atoms with Crippen LogP contribution in [0.5, 0.6) is 0 Å². The molecule has 0 spiro atoms. The van der Waals surface area contributed by atoms with Crippen molar-refractivity contribution in [2.45, 2.75) is 30.6 Å². The lowest BCUT2D eigenvalue weighted by Gasteiger charge is -2.30. The quantitative estimate of drug-likeness (QED) is 0.847. The largest absolute Gasteiger partial charge is 0.340 e. The fourth-order valence-electron chi connectivity index (χ4n) is 2.80. The highest BCUT2D eigenvalue weighted by Gasteiger charge is 2.24. The molecule has 2 aromatic rings. The molecule has 0 radical (unpaired) electrons. The smallest absolute Gasteiger partial charge is 0.223 e. The van der Waals surface area contributed by atoms with Gasteiger partial charge in [-0.3, -0.25) is 4.21 Å². The molecular weight excluding hydrogens is 298 g/mol. The van der Waals surface area contributed by atoms with E-state index in [1.165, 1.54) is 0 Å². The molecule has 5 nitrogen and oxygen atoms in total. The summed E-state index contributed by atoms with van der Waals surface area (Å²) in [5.74, 6) is 2.56. The molecule has 0 amide bonds. The Kier molecular flexibility index (Phi) is 5.00. The van der Waals surface area contributed by atoms with Gasteiger partial charge in [-0.2, -0.15) is 4.98 Å². The molecule has 1 atom stereocenters. The summed E-state index contributed by atoms with van der Waals surface area (Å²) in [6.45, 7) is 4.71. The topological polar surface area (TPSA) is 59.2 Å². The SMILES string of the molecule is Cc1nc(C2CCN(CCS(=O)c3ccccc3)CC2)no1. The van der Waals surface area contributed by atoms with Crippen molar-refractivity contribution in [3.05, 3.63) is 42.0 Å². The lowest BCUT2D eigenvalue weighted by Crippen LogP contribution is -2.35. The van der Waals surface area contributed by atoms with Crippen LogP contribution in [0, 0.1) is 6.92 Å². The molecule has 6 heteroatoms. The van der Waals surface area contributed by atoms with Crippen molar-refractivity contribution in [1.82, 2.24) is 15.0 Å². The van der Waals surface area contributed by atoms with E-state index in [2.05, 4.69) is 15.0 Å². The van der Waals surface area contributed by atoms with Crippen LogP contribution in [0.4, 0.5) is 0 Å². The highest BCUT2D eigenvalue weighted by molar-refractivity contribution is 7.85. The Morgan fingerprint density at radius 3 is 2.64 bits per heavy atom. The number of likely N-dealkylation sites (tertiary alicyclic amines) is 1. The van der Waals surface area contributed by atoms with Crippen LogP contribution < -0.4 is 0 Å². The molecule has 1 aliphatic rings. The minimum absolute atomic E-state index is 0.397. The molecule has 1 aliphatic heterocycles. The number of piperidine rings is 1. The number of hydrogen-bond donors (Lipinski definition) is 0. The number of aryl methyl sites for hydroxylation is 1. The first-order chi connectivity index (χ1) is 10.7. The Morgan fingerprint density at radius 1 is 1.27 bits per heavy atom. The summed E-state index contributed by atoms with van der Waals surface area (Å²) in [6, 6.07) is 9.68. The van der Waals surface area contributed by atoms with Gasteiger partial charge in [-0.15, -0.1) is 0 Å². The van der Waals surface area contributed by atoms with Crippen LogP contribution in [0.15, 0.2) is 39.8 Å². The number of hydrogen-bond acceptors (Lipinski definition) is 5. The first-order valence-electron chi connectivity index (χ1n) is 7.68. The fourth-order valence-corrected chi connectivity index (χ4v) is 3.92. The predicted octanol–water partition coefficient (Wildman–Crippen LogP) is 2.37. The summed E-state index contributed by atoms with van der Waals surface area (Å²) < 4.78 is 17.3. The molecule has 0 N–H and O–H groups in total. The van der Waals surface area contributed by atoms with Crippen molar-refractivity contribution < 1.29 is 8.73 Å². The van der Waals surface area contributed by atoms with E-state index in [0.29, 0.717) is 17.6 Å². The van der Waals surface area contributed by atoms with Crippen LogP contribution in [0.1, 0.15) is 30.5 Å². The molecule has 3 rings (SSSR count). The standard InChI is InChI=1S/C16H21N3O2S/c1-13-17-16(18-21-13)14-7-9-19(10-8-14)11-12-22(20)15-5-3-2-4-6-15/h2-6,14H,7-12H2,1H3. The number of nitrogens with zero attached hydrogens (tertiary/aromatic N) is 3. The first kappa shape index (κ1) is 15.4. The molecule has 22 heavy (non-hydrogen) atoms. The third-order valence-electron chi connectivity index (χ3n) is 4.10. The van der Waals surface area contributed by atoms with Crippen molar-refractivity contribution in [3.8, 4) is 0 Å². The van der Waals surface area contributed by atoms with Gasteiger partial charge in [0.2, 0.25) is 5.89 Å². The van der Waals surface area contributed by atoms with E-state index in [9.17, 15) is 4.21 Å². The maximum absolute atomic E-state index is 12.2. The van der Waals surface area contributed by atoms with E-state index in [1.807, 2.05) is 37.3 Å². The minimum atomic E-state index is -0.908.